The highest BCUT2D eigenvalue weighted by Gasteiger charge is 2.11. The van der Waals surface area contributed by atoms with E-state index in [2.05, 4.69) is 5.16 Å². The number of primary amides is 1. The van der Waals surface area contributed by atoms with Gasteiger partial charge in [-0.2, -0.15) is 0 Å². The number of oxime groups is 1. The van der Waals surface area contributed by atoms with Gasteiger partial charge < -0.3 is 25.8 Å². The number of benzene rings is 3. The van der Waals surface area contributed by atoms with Crippen LogP contribution in [0, 0.1) is 0 Å². The van der Waals surface area contributed by atoms with E-state index < -0.39 is 11.9 Å². The van der Waals surface area contributed by atoms with Gasteiger partial charge in [-0.05, 0) is 54.1 Å². The molecule has 0 heterocycles. The summed E-state index contributed by atoms with van der Waals surface area (Å²) < 4.78 is 10.8. The van der Waals surface area contributed by atoms with Crippen molar-refractivity contribution in [3.63, 3.8) is 0 Å². The number of hydrogen-bond acceptors (Lipinski definition) is 6. The first-order valence-corrected chi connectivity index (χ1v) is 10.3. The minimum Gasteiger partial charge on any atom is -0.487 e. The second-order valence-electron chi connectivity index (χ2n) is 6.68. The lowest BCUT2D eigenvalue weighted by atomic mass is 10.1. The summed E-state index contributed by atoms with van der Waals surface area (Å²) in [5.74, 6) is -0.432. The third-order valence-electron chi connectivity index (χ3n) is 4.23. The monoisotopic (exact) mass is 487 g/mol. The fourth-order valence-corrected chi connectivity index (χ4v) is 2.96. The maximum absolute atomic E-state index is 12.4. The van der Waals surface area contributed by atoms with Crippen LogP contribution in [0.2, 0.25) is 10.0 Å². The molecule has 0 saturated heterocycles. The molecule has 8 nitrogen and oxygen atoms in total. The molecule has 0 spiro atoms. The minimum absolute atomic E-state index is 0.0140. The van der Waals surface area contributed by atoms with Crippen LogP contribution in [0.3, 0.4) is 0 Å². The lowest BCUT2D eigenvalue weighted by Crippen LogP contribution is -2.20. The molecular weight excluding hydrogens is 469 g/mol. The Hall–Kier alpha value is -3.75. The van der Waals surface area contributed by atoms with Crippen molar-refractivity contribution in [2.75, 3.05) is 6.61 Å². The summed E-state index contributed by atoms with van der Waals surface area (Å²) in [7, 11) is 0. The Kier molecular flexibility index (Phi) is 8.12. The maximum atomic E-state index is 12.4. The summed E-state index contributed by atoms with van der Waals surface area (Å²) in [5, 5.41) is 4.38. The Morgan fingerprint density at radius 3 is 2.33 bits per heavy atom. The predicted octanol–water partition coefficient (Wildman–Crippen LogP) is 3.91. The van der Waals surface area contributed by atoms with Crippen molar-refractivity contribution >= 4 is 40.9 Å². The molecule has 0 saturated carbocycles. The average Bonchev–Trinajstić information content (AvgIpc) is 2.82. The molecule has 10 heteroatoms. The van der Waals surface area contributed by atoms with Gasteiger partial charge in [-0.3, -0.25) is 4.79 Å². The predicted molar refractivity (Wildman–Crippen MR) is 125 cm³/mol. The van der Waals surface area contributed by atoms with E-state index in [1.807, 2.05) is 0 Å². The number of nitrogens with two attached hydrogens (primary N) is 2. The zero-order valence-corrected chi connectivity index (χ0v) is 18.7. The molecule has 3 rings (SSSR count). The molecule has 3 aromatic rings. The second kappa shape index (κ2) is 11.2. The fourth-order valence-electron chi connectivity index (χ4n) is 2.62. The number of rotatable bonds is 9. The Morgan fingerprint density at radius 1 is 0.879 bits per heavy atom. The molecule has 0 aliphatic heterocycles. The zero-order chi connectivity index (χ0) is 23.8. The third kappa shape index (κ3) is 6.86. The number of ether oxygens (including phenoxy) is 2. The van der Waals surface area contributed by atoms with Crippen molar-refractivity contribution < 1.29 is 23.9 Å². The molecule has 1 amide bonds. The molecule has 0 aliphatic rings. The van der Waals surface area contributed by atoms with Gasteiger partial charge in [0.1, 0.15) is 23.1 Å². The van der Waals surface area contributed by atoms with E-state index in [1.54, 1.807) is 66.7 Å². The van der Waals surface area contributed by atoms with Gasteiger partial charge in [-0.1, -0.05) is 46.6 Å². The molecule has 0 bridgehead atoms. The standard InChI is InChI=1S/C23H19Cl2N3O5/c24-18-5-2-6-19(21(18)25)32-12-14-3-1-4-16(11-14)23(30)33-28-22(27)15-7-9-17(10-8-15)31-13-20(26)29/h1-11H,12-13H2,(H2,26,29)(H2,27,28). The Balaban J connectivity index is 1.60. The van der Waals surface area contributed by atoms with Crippen LogP contribution in [0.25, 0.3) is 0 Å². The van der Waals surface area contributed by atoms with Gasteiger partial charge in [0.2, 0.25) is 0 Å². The number of amides is 1. The van der Waals surface area contributed by atoms with Crippen LogP contribution in [0.5, 0.6) is 11.5 Å². The van der Waals surface area contributed by atoms with E-state index in [-0.39, 0.29) is 24.6 Å². The van der Waals surface area contributed by atoms with Gasteiger partial charge in [0.15, 0.2) is 12.4 Å². The first kappa shape index (κ1) is 23.9. The molecule has 0 fully saturated rings. The number of nitrogens with zero attached hydrogens (tertiary/aromatic N) is 1. The molecule has 33 heavy (non-hydrogen) atoms. The molecular formula is C23H19Cl2N3O5. The number of carbonyl (C=O) groups excluding carboxylic acids is 2. The maximum Gasteiger partial charge on any atom is 0.365 e. The normalized spacial score (nSPS) is 11.0. The van der Waals surface area contributed by atoms with Crippen LogP contribution in [-0.4, -0.2) is 24.3 Å². The lowest BCUT2D eigenvalue weighted by molar-refractivity contribution is -0.119. The van der Waals surface area contributed by atoms with Crippen LogP contribution in [0.4, 0.5) is 0 Å². The average molecular weight is 488 g/mol. The highest BCUT2D eigenvalue weighted by molar-refractivity contribution is 6.42. The summed E-state index contributed by atoms with van der Waals surface area (Å²) in [5.41, 5.74) is 12.4. The molecule has 0 atom stereocenters. The molecule has 0 aliphatic carbocycles. The zero-order valence-electron chi connectivity index (χ0n) is 17.2. The van der Waals surface area contributed by atoms with E-state index in [4.69, 9.17) is 49.0 Å². The number of hydrogen-bond donors (Lipinski definition) is 2. The van der Waals surface area contributed by atoms with E-state index in [0.29, 0.717) is 32.7 Å². The summed E-state index contributed by atoms with van der Waals surface area (Å²) in [6, 6.07) is 18.1. The van der Waals surface area contributed by atoms with Crippen molar-refractivity contribution in [2.45, 2.75) is 6.61 Å². The van der Waals surface area contributed by atoms with Gasteiger partial charge in [0.25, 0.3) is 5.91 Å². The number of halogens is 2. The lowest BCUT2D eigenvalue weighted by Gasteiger charge is -2.09. The highest BCUT2D eigenvalue weighted by atomic mass is 35.5. The Morgan fingerprint density at radius 2 is 1.61 bits per heavy atom. The second-order valence-corrected chi connectivity index (χ2v) is 7.46. The van der Waals surface area contributed by atoms with Crippen molar-refractivity contribution in [2.24, 2.45) is 16.6 Å². The van der Waals surface area contributed by atoms with Crippen LogP contribution in [0.1, 0.15) is 21.5 Å². The number of carbonyl (C=O) groups is 2. The largest absolute Gasteiger partial charge is 0.487 e. The van der Waals surface area contributed by atoms with Crippen LogP contribution in [-0.2, 0) is 16.2 Å². The Bertz CT molecular complexity index is 1180. The summed E-state index contributed by atoms with van der Waals surface area (Å²) >= 11 is 12.1. The van der Waals surface area contributed by atoms with E-state index in [1.165, 1.54) is 0 Å². The van der Waals surface area contributed by atoms with Crippen LogP contribution >= 0.6 is 23.2 Å². The SMILES string of the molecule is NC(=O)COc1ccc(/C(N)=N/OC(=O)c2cccc(COc3cccc(Cl)c3Cl)c2)cc1. The highest BCUT2D eigenvalue weighted by Crippen LogP contribution is 2.32. The van der Waals surface area contributed by atoms with Crippen molar-refractivity contribution in [1.82, 2.24) is 0 Å². The quantitative estimate of drug-likeness (QED) is 0.204. The topological polar surface area (TPSA) is 126 Å². The molecule has 0 radical (unpaired) electrons. The first-order chi connectivity index (χ1) is 15.8. The van der Waals surface area contributed by atoms with Gasteiger partial charge in [0.05, 0.1) is 10.6 Å². The molecule has 4 N–H and O–H groups in total. The molecule has 170 valence electrons. The van der Waals surface area contributed by atoms with Gasteiger partial charge >= 0.3 is 5.97 Å². The minimum atomic E-state index is -0.693. The van der Waals surface area contributed by atoms with E-state index in [9.17, 15) is 9.59 Å². The van der Waals surface area contributed by atoms with Gasteiger partial charge in [-0.25, -0.2) is 4.79 Å². The summed E-state index contributed by atoms with van der Waals surface area (Å²) in [6.45, 7) is -0.0759. The molecule has 0 aromatic heterocycles. The molecule has 3 aromatic carbocycles. The summed E-state index contributed by atoms with van der Waals surface area (Å²) in [4.78, 5) is 28.1. The van der Waals surface area contributed by atoms with Crippen LogP contribution in [0.15, 0.2) is 71.9 Å². The smallest absolute Gasteiger partial charge is 0.365 e. The first-order valence-electron chi connectivity index (χ1n) is 9.55. The Labute approximate surface area is 199 Å². The summed E-state index contributed by atoms with van der Waals surface area (Å²) in [6.07, 6.45) is 0. The van der Waals surface area contributed by atoms with Gasteiger partial charge in [-0.15, -0.1) is 0 Å². The van der Waals surface area contributed by atoms with E-state index >= 15 is 0 Å². The fraction of sp³-hybridized carbons (Fsp3) is 0.0870. The third-order valence-corrected chi connectivity index (χ3v) is 5.03. The van der Waals surface area contributed by atoms with E-state index in [0.717, 1.165) is 0 Å². The molecule has 0 unspecified atom stereocenters. The van der Waals surface area contributed by atoms with Crippen molar-refractivity contribution in [1.29, 1.82) is 0 Å². The van der Waals surface area contributed by atoms with Crippen molar-refractivity contribution in [3.8, 4) is 11.5 Å². The van der Waals surface area contributed by atoms with Gasteiger partial charge in [0, 0.05) is 5.56 Å². The number of amidine groups is 1. The van der Waals surface area contributed by atoms with Crippen LogP contribution < -0.4 is 20.9 Å². The van der Waals surface area contributed by atoms with Crippen molar-refractivity contribution in [3.05, 3.63) is 93.5 Å².